The van der Waals surface area contributed by atoms with Crippen LogP contribution >= 0.6 is 23.2 Å². The van der Waals surface area contributed by atoms with Gasteiger partial charge in [-0.1, -0.05) is 41.4 Å². The van der Waals surface area contributed by atoms with Crippen LogP contribution < -0.4 is 4.31 Å². The number of hydrogen-bond donors (Lipinski definition) is 0. The van der Waals surface area contributed by atoms with E-state index >= 15 is 0 Å². The minimum absolute atomic E-state index is 0.104. The molecular weight excluding hydrogens is 341 g/mol. The largest absolute Gasteiger partial charge is 0.266 e. The second-order valence-electron chi connectivity index (χ2n) is 5.34. The van der Waals surface area contributed by atoms with Gasteiger partial charge in [0, 0.05) is 11.6 Å². The summed E-state index contributed by atoms with van der Waals surface area (Å²) in [6.45, 7) is 2.22. The first-order chi connectivity index (χ1) is 10.4. The Morgan fingerprint density at radius 3 is 2.59 bits per heavy atom. The fourth-order valence-electron chi connectivity index (χ4n) is 2.70. The summed E-state index contributed by atoms with van der Waals surface area (Å²) in [7, 11) is -3.70. The minimum Gasteiger partial charge on any atom is -0.266 e. The molecule has 116 valence electrons. The van der Waals surface area contributed by atoms with Crippen LogP contribution in [0, 0.1) is 6.92 Å². The van der Waals surface area contributed by atoms with Gasteiger partial charge in [-0.05, 0) is 49.1 Å². The van der Waals surface area contributed by atoms with E-state index < -0.39 is 10.0 Å². The third-order valence-electron chi connectivity index (χ3n) is 3.85. The monoisotopic (exact) mass is 355 g/mol. The Morgan fingerprint density at radius 1 is 1.09 bits per heavy atom. The molecule has 1 aliphatic heterocycles. The van der Waals surface area contributed by atoms with Gasteiger partial charge < -0.3 is 0 Å². The number of sulfonamides is 1. The molecule has 2 aromatic rings. The van der Waals surface area contributed by atoms with Crippen LogP contribution in [0.25, 0.3) is 0 Å². The summed E-state index contributed by atoms with van der Waals surface area (Å²) in [6, 6.07) is 10.6. The normalized spacial score (nSPS) is 14.8. The number of aryl methyl sites for hydroxylation is 2. The third-order valence-corrected chi connectivity index (χ3v) is 6.53. The zero-order valence-electron chi connectivity index (χ0n) is 12.0. The number of rotatable bonds is 2. The molecule has 0 N–H and O–H groups in total. The molecule has 2 aromatic carbocycles. The maximum absolute atomic E-state index is 13.0. The fraction of sp³-hybridized carbons (Fsp3) is 0.250. The predicted octanol–water partition coefficient (Wildman–Crippen LogP) is 4.44. The molecule has 6 heteroatoms. The standard InChI is InChI=1S/C16H15Cl2NO2S/c1-11-9-16(14(18)10-13(11)17)22(20,21)19-8-4-6-12-5-2-3-7-15(12)19/h2-3,5,7,9-10H,4,6,8H2,1H3. The van der Waals surface area contributed by atoms with E-state index in [1.165, 1.54) is 16.4 Å². The summed E-state index contributed by atoms with van der Waals surface area (Å²) in [5.74, 6) is 0. The van der Waals surface area contributed by atoms with Gasteiger partial charge in [0.15, 0.2) is 0 Å². The first kappa shape index (κ1) is 15.7. The van der Waals surface area contributed by atoms with Crippen molar-refractivity contribution in [2.75, 3.05) is 10.8 Å². The molecule has 0 atom stereocenters. The highest BCUT2D eigenvalue weighted by atomic mass is 35.5. The van der Waals surface area contributed by atoms with Gasteiger partial charge in [0.2, 0.25) is 0 Å². The number of nitrogens with zero attached hydrogens (tertiary/aromatic N) is 1. The molecule has 0 amide bonds. The Balaban J connectivity index is 2.14. The van der Waals surface area contributed by atoms with Crippen molar-refractivity contribution in [3.63, 3.8) is 0 Å². The minimum atomic E-state index is -3.70. The van der Waals surface area contributed by atoms with Gasteiger partial charge in [-0.25, -0.2) is 8.42 Å². The molecule has 0 spiro atoms. The van der Waals surface area contributed by atoms with Gasteiger partial charge in [-0.3, -0.25) is 4.31 Å². The Labute approximate surface area is 140 Å². The zero-order valence-corrected chi connectivity index (χ0v) is 14.3. The number of fused-ring (bicyclic) bond motifs is 1. The van der Waals surface area contributed by atoms with Crippen LogP contribution in [-0.4, -0.2) is 15.0 Å². The van der Waals surface area contributed by atoms with E-state index in [2.05, 4.69) is 0 Å². The highest BCUT2D eigenvalue weighted by Gasteiger charge is 2.30. The molecule has 0 bridgehead atoms. The molecule has 0 radical (unpaired) electrons. The van der Waals surface area contributed by atoms with E-state index in [0.29, 0.717) is 17.1 Å². The van der Waals surface area contributed by atoms with Crippen molar-refractivity contribution in [2.45, 2.75) is 24.7 Å². The molecule has 0 unspecified atom stereocenters. The molecule has 0 aromatic heterocycles. The van der Waals surface area contributed by atoms with Crippen molar-refractivity contribution in [3.8, 4) is 0 Å². The Bertz CT molecular complexity index is 834. The SMILES string of the molecule is Cc1cc(S(=O)(=O)N2CCCc3ccccc32)c(Cl)cc1Cl. The summed E-state index contributed by atoms with van der Waals surface area (Å²) < 4.78 is 27.5. The lowest BCUT2D eigenvalue weighted by Crippen LogP contribution is -2.35. The van der Waals surface area contributed by atoms with Crippen molar-refractivity contribution >= 4 is 38.9 Å². The molecule has 3 nitrogen and oxygen atoms in total. The van der Waals surface area contributed by atoms with Crippen LogP contribution in [0.15, 0.2) is 41.3 Å². The van der Waals surface area contributed by atoms with Gasteiger partial charge in [-0.2, -0.15) is 0 Å². The Kier molecular flexibility index (Phi) is 4.10. The zero-order chi connectivity index (χ0) is 15.9. The summed E-state index contributed by atoms with van der Waals surface area (Å²) >= 11 is 12.2. The Morgan fingerprint density at radius 2 is 1.82 bits per heavy atom. The summed E-state index contributed by atoms with van der Waals surface area (Å²) in [5.41, 5.74) is 2.46. The van der Waals surface area contributed by atoms with Gasteiger partial charge in [0.1, 0.15) is 4.90 Å². The van der Waals surface area contributed by atoms with Crippen LogP contribution in [-0.2, 0) is 16.4 Å². The summed E-state index contributed by atoms with van der Waals surface area (Å²) in [4.78, 5) is 0.104. The van der Waals surface area contributed by atoms with Crippen LogP contribution in [0.4, 0.5) is 5.69 Å². The van der Waals surface area contributed by atoms with E-state index in [4.69, 9.17) is 23.2 Å². The molecular formula is C16H15Cl2NO2S. The molecule has 1 aliphatic rings. The number of para-hydroxylation sites is 1. The average molecular weight is 356 g/mol. The lowest BCUT2D eigenvalue weighted by molar-refractivity contribution is 0.586. The molecule has 3 rings (SSSR count). The van der Waals surface area contributed by atoms with Crippen LogP contribution in [0.2, 0.25) is 10.0 Å². The number of anilines is 1. The highest BCUT2D eigenvalue weighted by Crippen LogP contribution is 2.35. The van der Waals surface area contributed by atoms with Gasteiger partial charge in [0.25, 0.3) is 10.0 Å². The molecule has 0 saturated carbocycles. The lowest BCUT2D eigenvalue weighted by atomic mass is 10.0. The Hall–Kier alpha value is -1.23. The van der Waals surface area contributed by atoms with Crippen LogP contribution in [0.5, 0.6) is 0 Å². The first-order valence-corrected chi connectivity index (χ1v) is 9.17. The number of hydrogen-bond acceptors (Lipinski definition) is 2. The topological polar surface area (TPSA) is 37.4 Å². The van der Waals surface area contributed by atoms with Crippen molar-refractivity contribution in [3.05, 3.63) is 57.6 Å². The van der Waals surface area contributed by atoms with Gasteiger partial charge >= 0.3 is 0 Å². The molecule has 0 fully saturated rings. The van der Waals surface area contributed by atoms with Crippen molar-refractivity contribution in [2.24, 2.45) is 0 Å². The van der Waals surface area contributed by atoms with Crippen molar-refractivity contribution in [1.82, 2.24) is 0 Å². The quantitative estimate of drug-likeness (QED) is 0.798. The van der Waals surface area contributed by atoms with E-state index in [1.807, 2.05) is 24.3 Å². The van der Waals surface area contributed by atoms with Crippen LogP contribution in [0.1, 0.15) is 17.5 Å². The summed E-state index contributed by atoms with van der Waals surface area (Å²) in [6.07, 6.45) is 1.68. The third kappa shape index (κ3) is 2.60. The van der Waals surface area contributed by atoms with E-state index in [0.717, 1.165) is 24.1 Å². The second-order valence-corrected chi connectivity index (χ2v) is 7.99. The maximum Gasteiger partial charge on any atom is 0.265 e. The van der Waals surface area contributed by atoms with E-state index in [-0.39, 0.29) is 9.92 Å². The predicted molar refractivity (Wildman–Crippen MR) is 90.5 cm³/mol. The lowest BCUT2D eigenvalue weighted by Gasteiger charge is -2.30. The van der Waals surface area contributed by atoms with Crippen molar-refractivity contribution < 1.29 is 8.42 Å². The molecule has 1 heterocycles. The van der Waals surface area contributed by atoms with Crippen LogP contribution in [0.3, 0.4) is 0 Å². The maximum atomic E-state index is 13.0. The smallest absolute Gasteiger partial charge is 0.265 e. The first-order valence-electron chi connectivity index (χ1n) is 6.97. The van der Waals surface area contributed by atoms with E-state index in [1.54, 1.807) is 6.92 Å². The molecule has 0 saturated heterocycles. The number of benzene rings is 2. The highest BCUT2D eigenvalue weighted by molar-refractivity contribution is 7.93. The molecule has 22 heavy (non-hydrogen) atoms. The number of halogens is 2. The fourth-order valence-corrected chi connectivity index (χ4v) is 5.05. The van der Waals surface area contributed by atoms with Crippen molar-refractivity contribution in [1.29, 1.82) is 0 Å². The summed E-state index contributed by atoms with van der Waals surface area (Å²) in [5, 5.41) is 0.613. The average Bonchev–Trinajstić information content (AvgIpc) is 2.50. The second kappa shape index (κ2) is 5.76. The van der Waals surface area contributed by atoms with E-state index in [9.17, 15) is 8.42 Å². The van der Waals surface area contributed by atoms with Gasteiger partial charge in [0.05, 0.1) is 10.7 Å². The molecule has 0 aliphatic carbocycles. The van der Waals surface area contributed by atoms with Gasteiger partial charge in [-0.15, -0.1) is 0 Å².